The molecule has 1 amide bonds. The van der Waals surface area contributed by atoms with Crippen LogP contribution in [-0.2, 0) is 4.79 Å². The minimum absolute atomic E-state index is 0.0511. The van der Waals surface area contributed by atoms with Crippen LogP contribution < -0.4 is 30.6 Å². The van der Waals surface area contributed by atoms with Crippen LogP contribution in [0.4, 0.5) is 25.4 Å². The number of anilines is 3. The highest BCUT2D eigenvalue weighted by Gasteiger charge is 2.44. The van der Waals surface area contributed by atoms with E-state index in [-0.39, 0.29) is 38.8 Å². The predicted molar refractivity (Wildman–Crippen MR) is 116 cm³/mol. The zero-order valence-electron chi connectivity index (χ0n) is 17.4. The summed E-state index contributed by atoms with van der Waals surface area (Å²) in [6.07, 6.45) is -3.80. The summed E-state index contributed by atoms with van der Waals surface area (Å²) >= 11 is 0.935. The van der Waals surface area contributed by atoms with Gasteiger partial charge in [-0.2, -0.15) is 0 Å². The normalized spacial score (nSPS) is 14.5. The van der Waals surface area contributed by atoms with Crippen molar-refractivity contribution >= 4 is 39.7 Å². The van der Waals surface area contributed by atoms with Crippen molar-refractivity contribution in [2.45, 2.75) is 19.3 Å². The van der Waals surface area contributed by atoms with Gasteiger partial charge in [0.25, 0.3) is 0 Å². The number of ether oxygens (including phenoxy) is 3. The van der Waals surface area contributed by atoms with Crippen molar-refractivity contribution < 1.29 is 32.6 Å². The van der Waals surface area contributed by atoms with E-state index in [2.05, 4.69) is 14.5 Å². The van der Waals surface area contributed by atoms with Crippen molar-refractivity contribution in [2.75, 3.05) is 17.7 Å². The van der Waals surface area contributed by atoms with E-state index in [1.54, 1.807) is 24.3 Å². The SMILES string of the molecule is COc1ccc(C(=O)c2sc(N(c3ccc4c(c3)OC(F)(F)O4)[C@H](C)C(N)=O)nc2N)cc1. The predicted octanol–water partition coefficient (Wildman–Crippen LogP) is 3.30. The first-order chi connectivity index (χ1) is 15.6. The number of thiazole rings is 1. The van der Waals surface area contributed by atoms with Gasteiger partial charge in [0.15, 0.2) is 16.6 Å². The van der Waals surface area contributed by atoms with E-state index in [1.165, 1.54) is 37.1 Å². The van der Waals surface area contributed by atoms with Gasteiger partial charge in [-0.3, -0.25) is 9.59 Å². The number of hydrogen-bond donors (Lipinski definition) is 2. The fraction of sp³-hybridized carbons (Fsp3) is 0.190. The van der Waals surface area contributed by atoms with Crippen molar-refractivity contribution in [1.29, 1.82) is 0 Å². The summed E-state index contributed by atoms with van der Waals surface area (Å²) < 4.78 is 40.9. The molecule has 1 aromatic heterocycles. The summed E-state index contributed by atoms with van der Waals surface area (Å²) in [5, 5.41) is 0.168. The van der Waals surface area contributed by atoms with E-state index in [9.17, 15) is 18.4 Å². The average Bonchev–Trinajstić information content (AvgIpc) is 3.30. The third kappa shape index (κ3) is 4.24. The number of hydrogen-bond acceptors (Lipinski definition) is 9. The highest BCUT2D eigenvalue weighted by atomic mass is 32.1. The highest BCUT2D eigenvalue weighted by Crippen LogP contribution is 2.45. The Morgan fingerprint density at radius 3 is 2.45 bits per heavy atom. The number of carbonyl (C=O) groups is 2. The zero-order valence-corrected chi connectivity index (χ0v) is 18.2. The summed E-state index contributed by atoms with van der Waals surface area (Å²) in [7, 11) is 1.51. The minimum Gasteiger partial charge on any atom is -0.497 e. The molecule has 2 heterocycles. The van der Waals surface area contributed by atoms with Crippen LogP contribution in [0, 0.1) is 0 Å². The number of fused-ring (bicyclic) bond motifs is 1. The quantitative estimate of drug-likeness (QED) is 0.497. The number of carbonyl (C=O) groups excluding carboxylic acids is 2. The van der Waals surface area contributed by atoms with Crippen LogP contribution in [0.2, 0.25) is 0 Å². The van der Waals surface area contributed by atoms with Gasteiger partial charge in [0.2, 0.25) is 11.7 Å². The molecule has 3 aromatic rings. The summed E-state index contributed by atoms with van der Waals surface area (Å²) in [5.74, 6) is -0.947. The maximum Gasteiger partial charge on any atom is 0.586 e. The van der Waals surface area contributed by atoms with Crippen molar-refractivity contribution in [3.05, 3.63) is 52.9 Å². The van der Waals surface area contributed by atoms with E-state index in [0.29, 0.717) is 11.3 Å². The number of nitrogens with zero attached hydrogens (tertiary/aromatic N) is 2. The molecule has 9 nitrogen and oxygen atoms in total. The van der Waals surface area contributed by atoms with Gasteiger partial charge in [-0.15, -0.1) is 8.78 Å². The summed E-state index contributed by atoms with van der Waals surface area (Å²) in [6, 6.07) is 9.45. The molecule has 0 fully saturated rings. The van der Waals surface area contributed by atoms with Gasteiger partial charge in [-0.25, -0.2) is 4.98 Å². The first kappa shape index (κ1) is 22.3. The number of rotatable bonds is 7. The van der Waals surface area contributed by atoms with E-state index >= 15 is 0 Å². The number of benzene rings is 2. The van der Waals surface area contributed by atoms with Crippen LogP contribution in [0.25, 0.3) is 0 Å². The Morgan fingerprint density at radius 2 is 1.82 bits per heavy atom. The maximum atomic E-state index is 13.4. The van der Waals surface area contributed by atoms with Crippen molar-refractivity contribution in [3.63, 3.8) is 0 Å². The third-order valence-electron chi connectivity index (χ3n) is 4.87. The zero-order chi connectivity index (χ0) is 23.9. The van der Waals surface area contributed by atoms with E-state index in [0.717, 1.165) is 11.3 Å². The number of alkyl halides is 2. The van der Waals surface area contributed by atoms with E-state index in [4.69, 9.17) is 16.2 Å². The number of nitrogens with two attached hydrogens (primary N) is 2. The lowest BCUT2D eigenvalue weighted by molar-refractivity contribution is -0.286. The Bertz CT molecular complexity index is 1230. The lowest BCUT2D eigenvalue weighted by Crippen LogP contribution is -2.39. The highest BCUT2D eigenvalue weighted by molar-refractivity contribution is 7.18. The number of amides is 1. The molecule has 4 rings (SSSR count). The van der Waals surface area contributed by atoms with Gasteiger partial charge in [0, 0.05) is 17.3 Å². The smallest absolute Gasteiger partial charge is 0.497 e. The number of nitrogen functional groups attached to an aromatic ring is 1. The molecule has 2 aromatic carbocycles. The molecule has 1 aliphatic rings. The average molecular weight is 476 g/mol. The first-order valence-electron chi connectivity index (χ1n) is 9.53. The van der Waals surface area contributed by atoms with Gasteiger partial charge >= 0.3 is 6.29 Å². The molecular formula is C21H18F2N4O5S. The van der Waals surface area contributed by atoms with Gasteiger partial charge in [-0.05, 0) is 43.3 Å². The third-order valence-corrected chi connectivity index (χ3v) is 5.94. The Hall–Kier alpha value is -3.93. The fourth-order valence-electron chi connectivity index (χ4n) is 3.17. The number of aromatic nitrogens is 1. The fourth-order valence-corrected chi connectivity index (χ4v) is 4.22. The minimum atomic E-state index is -3.80. The molecule has 0 radical (unpaired) electrons. The van der Waals surface area contributed by atoms with Crippen LogP contribution in [0.3, 0.4) is 0 Å². The van der Waals surface area contributed by atoms with Crippen molar-refractivity contribution in [3.8, 4) is 17.2 Å². The van der Waals surface area contributed by atoms with Gasteiger partial charge in [0.05, 0.1) is 7.11 Å². The second-order valence-corrected chi connectivity index (χ2v) is 7.99. The molecule has 0 bridgehead atoms. The molecule has 0 unspecified atom stereocenters. The molecule has 33 heavy (non-hydrogen) atoms. The van der Waals surface area contributed by atoms with Crippen LogP contribution >= 0.6 is 11.3 Å². The molecular weight excluding hydrogens is 458 g/mol. The standard InChI is InChI=1S/C21H18F2N4O5S/c1-10(19(25)29)27(12-5-8-14-15(9-12)32-21(22,23)31-14)20-26-18(24)17(33-20)16(28)11-3-6-13(30-2)7-4-11/h3-10H,24H2,1-2H3,(H2,25,29)/t10-/m1/s1. The molecule has 4 N–H and O–H groups in total. The summed E-state index contributed by atoms with van der Waals surface area (Å²) in [6.45, 7) is 1.50. The Labute approximate surface area is 190 Å². The monoisotopic (exact) mass is 476 g/mol. The molecule has 1 aliphatic heterocycles. The number of halogens is 2. The maximum absolute atomic E-state index is 13.4. The number of methoxy groups -OCH3 is 1. The van der Waals surface area contributed by atoms with E-state index < -0.39 is 18.2 Å². The molecule has 0 saturated carbocycles. The molecule has 1 atom stereocenters. The van der Waals surface area contributed by atoms with Gasteiger partial charge in [0.1, 0.15) is 22.5 Å². The van der Waals surface area contributed by atoms with Crippen molar-refractivity contribution in [1.82, 2.24) is 4.98 Å². The Kier molecular flexibility index (Phi) is 5.54. The van der Waals surface area contributed by atoms with E-state index in [1.807, 2.05) is 0 Å². The Morgan fingerprint density at radius 1 is 1.15 bits per heavy atom. The van der Waals surface area contributed by atoms with Crippen LogP contribution in [0.5, 0.6) is 17.2 Å². The number of primary amides is 1. The molecule has 0 aliphatic carbocycles. The van der Waals surface area contributed by atoms with Gasteiger partial charge < -0.3 is 30.6 Å². The second-order valence-electron chi connectivity index (χ2n) is 7.02. The topological polar surface area (TPSA) is 130 Å². The molecule has 12 heteroatoms. The molecule has 0 spiro atoms. The lowest BCUT2D eigenvalue weighted by atomic mass is 10.1. The molecule has 0 saturated heterocycles. The summed E-state index contributed by atoms with van der Waals surface area (Å²) in [4.78, 5) is 30.8. The lowest BCUT2D eigenvalue weighted by Gasteiger charge is -2.26. The van der Waals surface area contributed by atoms with Crippen LogP contribution in [0.1, 0.15) is 22.2 Å². The first-order valence-corrected chi connectivity index (χ1v) is 10.3. The van der Waals surface area contributed by atoms with Crippen molar-refractivity contribution in [2.24, 2.45) is 5.73 Å². The molecule has 172 valence electrons. The number of ketones is 1. The van der Waals surface area contributed by atoms with Gasteiger partial charge in [-0.1, -0.05) is 11.3 Å². The van der Waals surface area contributed by atoms with Crippen LogP contribution in [-0.4, -0.2) is 36.1 Å². The Balaban J connectivity index is 1.72. The summed E-state index contributed by atoms with van der Waals surface area (Å²) in [5.41, 5.74) is 12.1. The second kappa shape index (κ2) is 8.20. The largest absolute Gasteiger partial charge is 0.586 e. The van der Waals surface area contributed by atoms with Crippen LogP contribution in [0.15, 0.2) is 42.5 Å².